The summed E-state index contributed by atoms with van der Waals surface area (Å²) in [6, 6.07) is 10.6. The molecule has 1 aromatic heterocycles. The lowest BCUT2D eigenvalue weighted by atomic mass is 9.82. The highest BCUT2D eigenvalue weighted by Crippen LogP contribution is 2.40. The summed E-state index contributed by atoms with van der Waals surface area (Å²) >= 11 is 6.50. The largest absolute Gasteiger partial charge is 0.325 e. The monoisotopic (exact) mass is 503 g/mol. The molecule has 0 bridgehead atoms. The van der Waals surface area contributed by atoms with E-state index in [1.807, 2.05) is 26.0 Å². The molecule has 1 saturated heterocycles. The number of nitrogens with one attached hydrogen (secondary N) is 3. The number of hydrogen-bond donors (Lipinski definition) is 3. The molecule has 0 unspecified atom stereocenters. The van der Waals surface area contributed by atoms with Crippen molar-refractivity contribution >= 4 is 34.8 Å². The second-order valence-electron chi connectivity index (χ2n) is 10.6. The average molecular weight is 504 g/mol. The van der Waals surface area contributed by atoms with E-state index in [1.165, 1.54) is 29.5 Å². The first-order valence-electron chi connectivity index (χ1n) is 12.8. The van der Waals surface area contributed by atoms with E-state index in [0.29, 0.717) is 23.3 Å². The molecule has 3 N–H and O–H groups in total. The number of anilines is 3. The zero-order valence-corrected chi connectivity index (χ0v) is 22.2. The van der Waals surface area contributed by atoms with Crippen LogP contribution in [0.5, 0.6) is 0 Å². The highest BCUT2D eigenvalue weighted by molar-refractivity contribution is 6.31. The Morgan fingerprint density at radius 1 is 1.11 bits per heavy atom. The van der Waals surface area contributed by atoms with Gasteiger partial charge in [0.2, 0.25) is 11.9 Å². The van der Waals surface area contributed by atoms with Crippen LogP contribution in [0, 0.1) is 13.8 Å². The Morgan fingerprint density at radius 2 is 1.89 bits per heavy atom. The highest BCUT2D eigenvalue weighted by atomic mass is 35.5. The predicted octanol–water partition coefficient (Wildman–Crippen LogP) is 5.97. The minimum Gasteiger partial charge on any atom is -0.325 e. The van der Waals surface area contributed by atoms with Crippen molar-refractivity contribution in [1.82, 2.24) is 15.3 Å². The number of fused-ring (bicyclic) bond motifs is 1. The Morgan fingerprint density at radius 3 is 2.67 bits per heavy atom. The average Bonchev–Trinajstić information content (AvgIpc) is 3.10. The van der Waals surface area contributed by atoms with E-state index in [9.17, 15) is 4.79 Å². The molecule has 1 fully saturated rings. The Kier molecular flexibility index (Phi) is 6.75. The summed E-state index contributed by atoms with van der Waals surface area (Å²) in [7, 11) is 0. The number of carbonyl (C=O) groups excluding carboxylic acids is 1. The van der Waals surface area contributed by atoms with Gasteiger partial charge in [-0.05, 0) is 112 Å². The molecule has 6 nitrogen and oxygen atoms in total. The van der Waals surface area contributed by atoms with Gasteiger partial charge < -0.3 is 16.0 Å². The molecule has 36 heavy (non-hydrogen) atoms. The van der Waals surface area contributed by atoms with Crippen LogP contribution < -0.4 is 16.0 Å². The molecule has 0 atom stereocenters. The molecule has 2 aliphatic heterocycles. The third kappa shape index (κ3) is 4.72. The van der Waals surface area contributed by atoms with Crippen molar-refractivity contribution in [2.24, 2.45) is 0 Å². The summed E-state index contributed by atoms with van der Waals surface area (Å²) in [5.41, 5.74) is 8.30. The first-order valence-corrected chi connectivity index (χ1v) is 13.2. The van der Waals surface area contributed by atoms with Crippen molar-refractivity contribution in [2.75, 3.05) is 23.7 Å². The molecule has 188 valence electrons. The van der Waals surface area contributed by atoms with Crippen molar-refractivity contribution in [3.05, 3.63) is 75.1 Å². The fraction of sp³-hybridized carbons (Fsp3) is 0.414. The summed E-state index contributed by atoms with van der Waals surface area (Å²) in [5, 5.41) is 10.4. The Hall–Kier alpha value is -2.96. The SMILES string of the molecule is Cc1cc(C2CCNCC2)c(C)cc1Nc1ncc(Cl)c(CCc2cccc3c2C(C)(C)C(=O)N3)n1. The standard InChI is InChI=1S/C29H34ClN5O/c1-17-15-25(18(2)14-21(17)19-10-12-31-13-11-19)35-28-32-16-22(30)23(34-28)9-8-20-6-5-7-24-26(20)29(3,4)27(36)33-24/h5-7,14-16,19,31H,8-13H2,1-4H3,(H,33,36)(H,32,34,35). The van der Waals surface area contributed by atoms with Crippen molar-refractivity contribution in [3.63, 3.8) is 0 Å². The molecule has 5 rings (SSSR count). The van der Waals surface area contributed by atoms with Crippen LogP contribution in [0.1, 0.15) is 66.1 Å². The van der Waals surface area contributed by atoms with E-state index >= 15 is 0 Å². The van der Waals surface area contributed by atoms with Crippen molar-refractivity contribution < 1.29 is 4.79 Å². The maximum Gasteiger partial charge on any atom is 0.234 e. The van der Waals surface area contributed by atoms with Gasteiger partial charge in [0, 0.05) is 11.4 Å². The number of nitrogens with zero attached hydrogens (tertiary/aromatic N) is 2. The number of rotatable bonds is 6. The van der Waals surface area contributed by atoms with Gasteiger partial charge in [0.25, 0.3) is 0 Å². The topological polar surface area (TPSA) is 78.9 Å². The number of aryl methyl sites for hydroxylation is 4. The Labute approximate surface area is 218 Å². The Balaban J connectivity index is 1.34. The van der Waals surface area contributed by atoms with Crippen molar-refractivity contribution in [1.29, 1.82) is 0 Å². The second-order valence-corrected chi connectivity index (χ2v) is 11.0. The van der Waals surface area contributed by atoms with Crippen LogP contribution in [0.25, 0.3) is 0 Å². The molecular weight excluding hydrogens is 470 g/mol. The van der Waals surface area contributed by atoms with Crippen LogP contribution in [-0.2, 0) is 23.1 Å². The molecule has 0 aliphatic carbocycles. The van der Waals surface area contributed by atoms with E-state index in [0.717, 1.165) is 47.7 Å². The van der Waals surface area contributed by atoms with E-state index < -0.39 is 5.41 Å². The summed E-state index contributed by atoms with van der Waals surface area (Å²) in [5.74, 6) is 1.20. The first kappa shape index (κ1) is 24.7. The van der Waals surface area contributed by atoms with Gasteiger partial charge in [0.05, 0.1) is 22.3 Å². The van der Waals surface area contributed by atoms with Gasteiger partial charge in [-0.15, -0.1) is 0 Å². The summed E-state index contributed by atoms with van der Waals surface area (Å²) < 4.78 is 0. The molecule has 2 aliphatic rings. The van der Waals surface area contributed by atoms with Gasteiger partial charge in [-0.2, -0.15) is 0 Å². The summed E-state index contributed by atoms with van der Waals surface area (Å²) in [6.07, 6.45) is 5.43. The highest BCUT2D eigenvalue weighted by Gasteiger charge is 2.39. The lowest BCUT2D eigenvalue weighted by Gasteiger charge is -2.25. The number of halogens is 1. The summed E-state index contributed by atoms with van der Waals surface area (Å²) in [6.45, 7) is 10.4. The summed E-state index contributed by atoms with van der Waals surface area (Å²) in [4.78, 5) is 21.7. The minimum absolute atomic E-state index is 0.0355. The van der Waals surface area contributed by atoms with Gasteiger partial charge in [-0.3, -0.25) is 4.79 Å². The van der Waals surface area contributed by atoms with Gasteiger partial charge in [-0.1, -0.05) is 29.8 Å². The number of hydrogen-bond acceptors (Lipinski definition) is 5. The molecule has 2 aromatic carbocycles. The molecule has 0 radical (unpaired) electrons. The molecule has 0 spiro atoms. The number of aromatic nitrogens is 2. The van der Waals surface area contributed by atoms with Crippen LogP contribution in [0.4, 0.5) is 17.3 Å². The van der Waals surface area contributed by atoms with Crippen LogP contribution in [0.2, 0.25) is 5.02 Å². The van der Waals surface area contributed by atoms with E-state index in [-0.39, 0.29) is 5.91 Å². The first-order chi connectivity index (χ1) is 17.2. The fourth-order valence-electron chi connectivity index (χ4n) is 5.60. The molecule has 0 saturated carbocycles. The van der Waals surface area contributed by atoms with Gasteiger partial charge in [0.1, 0.15) is 0 Å². The maximum atomic E-state index is 12.5. The second kappa shape index (κ2) is 9.83. The zero-order chi connectivity index (χ0) is 25.4. The van der Waals surface area contributed by atoms with Gasteiger partial charge in [0.15, 0.2) is 0 Å². The third-order valence-electron chi connectivity index (χ3n) is 7.68. The zero-order valence-electron chi connectivity index (χ0n) is 21.5. The molecule has 3 heterocycles. The molecule has 3 aromatic rings. The van der Waals surface area contributed by atoms with Crippen LogP contribution in [0.15, 0.2) is 36.5 Å². The van der Waals surface area contributed by atoms with Crippen LogP contribution >= 0.6 is 11.6 Å². The van der Waals surface area contributed by atoms with Crippen molar-refractivity contribution in [3.8, 4) is 0 Å². The molecule has 1 amide bonds. The normalized spacial score (nSPS) is 17.1. The third-order valence-corrected chi connectivity index (χ3v) is 7.99. The quantitative estimate of drug-likeness (QED) is 0.386. The number of benzene rings is 2. The van der Waals surface area contributed by atoms with E-state index in [4.69, 9.17) is 16.6 Å². The fourth-order valence-corrected chi connectivity index (χ4v) is 5.79. The van der Waals surface area contributed by atoms with Crippen LogP contribution in [-0.4, -0.2) is 29.0 Å². The lowest BCUT2D eigenvalue weighted by Crippen LogP contribution is -2.27. The lowest BCUT2D eigenvalue weighted by molar-refractivity contribution is -0.119. The Bertz CT molecular complexity index is 1310. The predicted molar refractivity (Wildman–Crippen MR) is 147 cm³/mol. The van der Waals surface area contributed by atoms with Crippen molar-refractivity contribution in [2.45, 2.75) is 64.7 Å². The van der Waals surface area contributed by atoms with E-state index in [1.54, 1.807) is 6.20 Å². The van der Waals surface area contributed by atoms with Gasteiger partial charge in [-0.25, -0.2) is 9.97 Å². The molecular formula is C29H34ClN5O. The number of piperidine rings is 1. The molecule has 7 heteroatoms. The smallest absolute Gasteiger partial charge is 0.234 e. The number of amides is 1. The number of carbonyl (C=O) groups is 1. The van der Waals surface area contributed by atoms with Crippen LogP contribution in [0.3, 0.4) is 0 Å². The van der Waals surface area contributed by atoms with Gasteiger partial charge >= 0.3 is 0 Å². The maximum absolute atomic E-state index is 12.5. The van der Waals surface area contributed by atoms with E-state index in [2.05, 4.69) is 53.0 Å². The minimum atomic E-state index is -0.552.